The van der Waals surface area contributed by atoms with Gasteiger partial charge in [-0.2, -0.15) is 0 Å². The molecule has 17 heavy (non-hydrogen) atoms. The molecule has 1 rings (SSSR count). The lowest BCUT2D eigenvalue weighted by molar-refractivity contribution is 0.267. The maximum atomic E-state index is 3.60. The standard InChI is InChI=1S/C15H26N2/c1-5-16-15(12-17(6-2)7-3)14-11-9-8-10-13(14)4/h8-11,15-16H,5-7,12H2,1-4H3. The van der Waals surface area contributed by atoms with E-state index in [2.05, 4.69) is 62.2 Å². The summed E-state index contributed by atoms with van der Waals surface area (Å²) in [5, 5.41) is 3.60. The van der Waals surface area contributed by atoms with E-state index in [-0.39, 0.29) is 0 Å². The predicted octanol–water partition coefficient (Wildman–Crippen LogP) is 2.99. The molecule has 0 saturated heterocycles. The molecule has 0 aromatic heterocycles. The van der Waals surface area contributed by atoms with Crippen molar-refractivity contribution in [1.82, 2.24) is 10.2 Å². The molecule has 1 aromatic carbocycles. The zero-order valence-corrected chi connectivity index (χ0v) is 11.7. The molecule has 96 valence electrons. The van der Waals surface area contributed by atoms with Gasteiger partial charge in [-0.25, -0.2) is 0 Å². The summed E-state index contributed by atoms with van der Waals surface area (Å²) in [5.41, 5.74) is 2.81. The van der Waals surface area contributed by atoms with Gasteiger partial charge in [0.2, 0.25) is 0 Å². The van der Waals surface area contributed by atoms with Crippen molar-refractivity contribution in [3.8, 4) is 0 Å². The Bertz CT molecular complexity index is 318. The molecular weight excluding hydrogens is 208 g/mol. The van der Waals surface area contributed by atoms with E-state index >= 15 is 0 Å². The van der Waals surface area contributed by atoms with E-state index in [0.29, 0.717) is 6.04 Å². The second-order valence-electron chi connectivity index (χ2n) is 4.45. The molecule has 0 bridgehead atoms. The summed E-state index contributed by atoms with van der Waals surface area (Å²) < 4.78 is 0. The first-order valence-corrected chi connectivity index (χ1v) is 6.74. The van der Waals surface area contributed by atoms with Crippen LogP contribution >= 0.6 is 0 Å². The fourth-order valence-corrected chi connectivity index (χ4v) is 2.24. The van der Waals surface area contributed by atoms with Crippen LogP contribution in [0.4, 0.5) is 0 Å². The Morgan fingerprint density at radius 1 is 1.12 bits per heavy atom. The van der Waals surface area contributed by atoms with Gasteiger partial charge in [-0.15, -0.1) is 0 Å². The van der Waals surface area contributed by atoms with Crippen molar-refractivity contribution in [3.05, 3.63) is 35.4 Å². The molecule has 0 aliphatic heterocycles. The van der Waals surface area contributed by atoms with E-state index in [1.165, 1.54) is 11.1 Å². The molecule has 0 saturated carbocycles. The van der Waals surface area contributed by atoms with Crippen LogP contribution in [0.1, 0.15) is 37.9 Å². The van der Waals surface area contributed by atoms with Gasteiger partial charge in [0.25, 0.3) is 0 Å². The molecule has 0 aliphatic carbocycles. The second kappa shape index (κ2) is 7.46. The smallest absolute Gasteiger partial charge is 0.0451 e. The maximum Gasteiger partial charge on any atom is 0.0451 e. The molecule has 1 aromatic rings. The van der Waals surface area contributed by atoms with Gasteiger partial charge in [-0.3, -0.25) is 0 Å². The number of hydrogen-bond donors (Lipinski definition) is 1. The van der Waals surface area contributed by atoms with E-state index in [1.54, 1.807) is 0 Å². The monoisotopic (exact) mass is 234 g/mol. The lowest BCUT2D eigenvalue weighted by Crippen LogP contribution is -2.35. The zero-order chi connectivity index (χ0) is 12.7. The minimum Gasteiger partial charge on any atom is -0.309 e. The fourth-order valence-electron chi connectivity index (χ4n) is 2.24. The highest BCUT2D eigenvalue weighted by atomic mass is 15.1. The summed E-state index contributed by atoms with van der Waals surface area (Å²) in [4.78, 5) is 2.47. The van der Waals surface area contributed by atoms with Gasteiger partial charge in [0, 0.05) is 12.6 Å². The Labute approximate surface area is 106 Å². The Kier molecular flexibility index (Phi) is 6.23. The number of nitrogens with zero attached hydrogens (tertiary/aromatic N) is 1. The quantitative estimate of drug-likeness (QED) is 0.780. The van der Waals surface area contributed by atoms with Crippen LogP contribution < -0.4 is 5.32 Å². The Morgan fingerprint density at radius 2 is 1.76 bits per heavy atom. The Hall–Kier alpha value is -0.860. The highest BCUT2D eigenvalue weighted by Gasteiger charge is 2.14. The first kappa shape index (κ1) is 14.2. The number of aryl methyl sites for hydroxylation is 1. The van der Waals surface area contributed by atoms with Gasteiger partial charge in [0.1, 0.15) is 0 Å². The number of likely N-dealkylation sites (N-methyl/N-ethyl adjacent to an activating group) is 2. The molecule has 0 radical (unpaired) electrons. The molecular formula is C15H26N2. The van der Waals surface area contributed by atoms with Crippen molar-refractivity contribution in [2.24, 2.45) is 0 Å². The van der Waals surface area contributed by atoms with Crippen molar-refractivity contribution >= 4 is 0 Å². The average Bonchev–Trinajstić information content (AvgIpc) is 2.35. The average molecular weight is 234 g/mol. The Morgan fingerprint density at radius 3 is 2.29 bits per heavy atom. The molecule has 2 nitrogen and oxygen atoms in total. The highest BCUT2D eigenvalue weighted by Crippen LogP contribution is 2.18. The van der Waals surface area contributed by atoms with E-state index in [9.17, 15) is 0 Å². The molecule has 0 amide bonds. The normalized spacial score (nSPS) is 13.0. The van der Waals surface area contributed by atoms with Crippen LogP contribution in [0.5, 0.6) is 0 Å². The predicted molar refractivity (Wildman–Crippen MR) is 75.4 cm³/mol. The largest absolute Gasteiger partial charge is 0.309 e. The summed E-state index contributed by atoms with van der Waals surface area (Å²) >= 11 is 0. The molecule has 1 unspecified atom stereocenters. The van der Waals surface area contributed by atoms with Gasteiger partial charge in [-0.1, -0.05) is 45.0 Å². The molecule has 0 heterocycles. The molecule has 0 spiro atoms. The minimum absolute atomic E-state index is 0.445. The number of benzene rings is 1. The van der Waals surface area contributed by atoms with E-state index in [1.807, 2.05) is 0 Å². The summed E-state index contributed by atoms with van der Waals surface area (Å²) in [6, 6.07) is 9.13. The molecule has 0 fully saturated rings. The van der Waals surface area contributed by atoms with Crippen LogP contribution in [-0.2, 0) is 0 Å². The highest BCUT2D eigenvalue weighted by molar-refractivity contribution is 5.29. The summed E-state index contributed by atoms with van der Waals surface area (Å²) in [7, 11) is 0. The third kappa shape index (κ3) is 4.14. The van der Waals surface area contributed by atoms with Crippen molar-refractivity contribution < 1.29 is 0 Å². The van der Waals surface area contributed by atoms with Crippen molar-refractivity contribution in [2.75, 3.05) is 26.2 Å². The second-order valence-corrected chi connectivity index (χ2v) is 4.45. The van der Waals surface area contributed by atoms with Gasteiger partial charge in [-0.05, 0) is 37.7 Å². The van der Waals surface area contributed by atoms with Crippen LogP contribution in [0.25, 0.3) is 0 Å². The molecule has 0 aliphatic rings. The van der Waals surface area contributed by atoms with Crippen LogP contribution in [-0.4, -0.2) is 31.1 Å². The maximum absolute atomic E-state index is 3.60. The topological polar surface area (TPSA) is 15.3 Å². The number of rotatable bonds is 7. The summed E-state index contributed by atoms with van der Waals surface area (Å²) in [5.74, 6) is 0. The SMILES string of the molecule is CCNC(CN(CC)CC)c1ccccc1C. The lowest BCUT2D eigenvalue weighted by atomic mass is 10.0. The number of nitrogens with one attached hydrogen (secondary N) is 1. The lowest BCUT2D eigenvalue weighted by Gasteiger charge is -2.27. The first-order chi connectivity index (χ1) is 8.22. The van der Waals surface area contributed by atoms with Crippen LogP contribution in [0.15, 0.2) is 24.3 Å². The molecule has 1 atom stereocenters. The van der Waals surface area contributed by atoms with Crippen molar-refractivity contribution in [2.45, 2.75) is 33.7 Å². The van der Waals surface area contributed by atoms with Crippen LogP contribution in [0, 0.1) is 6.92 Å². The third-order valence-corrected chi connectivity index (χ3v) is 3.35. The van der Waals surface area contributed by atoms with Crippen LogP contribution in [0.3, 0.4) is 0 Å². The molecule has 1 N–H and O–H groups in total. The van der Waals surface area contributed by atoms with Gasteiger partial charge < -0.3 is 10.2 Å². The van der Waals surface area contributed by atoms with Crippen molar-refractivity contribution in [3.63, 3.8) is 0 Å². The van der Waals surface area contributed by atoms with Crippen LogP contribution in [0.2, 0.25) is 0 Å². The van der Waals surface area contributed by atoms with E-state index in [4.69, 9.17) is 0 Å². The van der Waals surface area contributed by atoms with E-state index < -0.39 is 0 Å². The van der Waals surface area contributed by atoms with E-state index in [0.717, 1.165) is 26.2 Å². The zero-order valence-electron chi connectivity index (χ0n) is 11.7. The first-order valence-electron chi connectivity index (χ1n) is 6.74. The van der Waals surface area contributed by atoms with Gasteiger partial charge >= 0.3 is 0 Å². The van der Waals surface area contributed by atoms with Gasteiger partial charge in [0.15, 0.2) is 0 Å². The number of hydrogen-bond acceptors (Lipinski definition) is 2. The molecule has 2 heteroatoms. The fraction of sp³-hybridized carbons (Fsp3) is 0.600. The van der Waals surface area contributed by atoms with Gasteiger partial charge in [0.05, 0.1) is 0 Å². The Balaban J connectivity index is 2.81. The third-order valence-electron chi connectivity index (χ3n) is 3.35. The summed E-state index contributed by atoms with van der Waals surface area (Å²) in [6.07, 6.45) is 0. The van der Waals surface area contributed by atoms with Crippen molar-refractivity contribution in [1.29, 1.82) is 0 Å². The summed E-state index contributed by atoms with van der Waals surface area (Å²) in [6.45, 7) is 13.2. The minimum atomic E-state index is 0.445.